The number of rotatable bonds is 4. The number of morpholine rings is 1. The van der Waals surface area contributed by atoms with E-state index in [1.165, 1.54) is 5.56 Å². The molecule has 2 aromatic rings. The Morgan fingerprint density at radius 3 is 2.87 bits per heavy atom. The van der Waals surface area contributed by atoms with Gasteiger partial charge in [-0.1, -0.05) is 24.3 Å². The fraction of sp³-hybridized carbons (Fsp3) is 0.333. The van der Waals surface area contributed by atoms with Crippen molar-refractivity contribution in [3.63, 3.8) is 0 Å². The van der Waals surface area contributed by atoms with E-state index in [1.54, 1.807) is 6.20 Å². The van der Waals surface area contributed by atoms with Crippen LogP contribution in [0.1, 0.15) is 12.5 Å². The Kier molecular flexibility index (Phi) is 4.69. The Hall–Kier alpha value is -2.24. The van der Waals surface area contributed by atoms with Crippen LogP contribution >= 0.6 is 0 Å². The fourth-order valence-corrected chi connectivity index (χ4v) is 2.97. The summed E-state index contributed by atoms with van der Waals surface area (Å²) in [5.74, 6) is -0.398. The van der Waals surface area contributed by atoms with Crippen LogP contribution in [0.2, 0.25) is 0 Å². The van der Waals surface area contributed by atoms with Crippen LogP contribution in [0.25, 0.3) is 11.1 Å². The Morgan fingerprint density at radius 2 is 2.13 bits per heavy atom. The van der Waals surface area contributed by atoms with Crippen molar-refractivity contribution in [1.29, 1.82) is 0 Å². The van der Waals surface area contributed by atoms with Gasteiger partial charge in [-0.15, -0.1) is 0 Å². The Labute approximate surface area is 136 Å². The fourth-order valence-electron chi connectivity index (χ4n) is 2.97. The van der Waals surface area contributed by atoms with E-state index >= 15 is 0 Å². The van der Waals surface area contributed by atoms with Crippen molar-refractivity contribution in [3.05, 3.63) is 54.4 Å². The van der Waals surface area contributed by atoms with Gasteiger partial charge in [-0.25, -0.2) is 0 Å². The highest BCUT2D eigenvalue weighted by atomic mass is 16.5. The normalized spacial score (nSPS) is 22.0. The first kappa shape index (κ1) is 15.6. The van der Waals surface area contributed by atoms with E-state index in [2.05, 4.69) is 28.1 Å². The van der Waals surface area contributed by atoms with Crippen molar-refractivity contribution in [3.8, 4) is 11.1 Å². The molecule has 3 rings (SSSR count). The maximum atomic E-state index is 11.4. The van der Waals surface area contributed by atoms with Crippen LogP contribution < -0.4 is 5.73 Å². The molecular weight excluding hydrogens is 290 g/mol. The molecule has 0 bridgehead atoms. The van der Waals surface area contributed by atoms with Crippen LogP contribution in [-0.2, 0) is 16.1 Å². The smallest absolute Gasteiger partial charge is 0.247 e. The number of ether oxygens (including phenoxy) is 1. The number of benzene rings is 1. The van der Waals surface area contributed by atoms with Gasteiger partial charge in [0.05, 0.1) is 6.10 Å². The van der Waals surface area contributed by atoms with Crippen molar-refractivity contribution < 1.29 is 9.53 Å². The molecule has 120 valence electrons. The molecule has 0 aliphatic carbocycles. The minimum Gasteiger partial charge on any atom is -0.367 e. The van der Waals surface area contributed by atoms with Crippen LogP contribution in [0, 0.1) is 0 Å². The van der Waals surface area contributed by atoms with E-state index in [0.29, 0.717) is 6.54 Å². The average Bonchev–Trinajstić information content (AvgIpc) is 2.55. The molecule has 1 fully saturated rings. The van der Waals surface area contributed by atoms with Crippen LogP contribution in [-0.4, -0.2) is 41.1 Å². The summed E-state index contributed by atoms with van der Waals surface area (Å²) in [7, 11) is 0. The van der Waals surface area contributed by atoms with E-state index in [4.69, 9.17) is 10.5 Å². The molecule has 2 N–H and O–H groups in total. The number of nitrogens with zero attached hydrogens (tertiary/aromatic N) is 2. The molecular formula is C18H21N3O2. The molecule has 5 nitrogen and oxygen atoms in total. The molecule has 1 aromatic carbocycles. The predicted octanol–water partition coefficient (Wildman–Crippen LogP) is 1.82. The van der Waals surface area contributed by atoms with Gasteiger partial charge >= 0.3 is 0 Å². The standard InChI is InChI=1S/C18H21N3O2/c1-13-10-21(12-17(23-13)18(19)22)11-14-4-2-5-15(8-14)16-6-3-7-20-9-16/h2-9,13,17H,10-12H2,1H3,(H2,19,22)/t13-,17?/m1/s1. The summed E-state index contributed by atoms with van der Waals surface area (Å²) >= 11 is 0. The van der Waals surface area contributed by atoms with Gasteiger partial charge in [0.15, 0.2) is 0 Å². The minimum atomic E-state index is -0.528. The third kappa shape index (κ3) is 3.94. The minimum absolute atomic E-state index is 0.00255. The molecule has 23 heavy (non-hydrogen) atoms. The highest BCUT2D eigenvalue weighted by molar-refractivity contribution is 5.79. The predicted molar refractivity (Wildman–Crippen MR) is 88.5 cm³/mol. The van der Waals surface area contributed by atoms with Gasteiger partial charge in [-0.05, 0) is 35.7 Å². The largest absolute Gasteiger partial charge is 0.367 e. The second-order valence-electron chi connectivity index (χ2n) is 5.97. The second-order valence-corrected chi connectivity index (χ2v) is 5.97. The van der Waals surface area contributed by atoms with E-state index in [9.17, 15) is 4.79 Å². The van der Waals surface area contributed by atoms with Crippen LogP contribution in [0.4, 0.5) is 0 Å². The molecule has 2 heterocycles. The highest BCUT2D eigenvalue weighted by Gasteiger charge is 2.28. The maximum absolute atomic E-state index is 11.4. The summed E-state index contributed by atoms with van der Waals surface area (Å²) in [5, 5.41) is 0. The van der Waals surface area contributed by atoms with Gasteiger partial charge in [0.2, 0.25) is 5.91 Å². The first-order valence-corrected chi connectivity index (χ1v) is 7.78. The van der Waals surface area contributed by atoms with E-state index in [1.807, 2.05) is 31.3 Å². The van der Waals surface area contributed by atoms with Crippen LogP contribution in [0.3, 0.4) is 0 Å². The van der Waals surface area contributed by atoms with Crippen LogP contribution in [0.5, 0.6) is 0 Å². The number of aromatic nitrogens is 1. The summed E-state index contributed by atoms with van der Waals surface area (Å²) in [5.41, 5.74) is 8.82. The average molecular weight is 311 g/mol. The summed E-state index contributed by atoms with van der Waals surface area (Å²) < 4.78 is 5.58. The zero-order chi connectivity index (χ0) is 16.2. The number of nitrogens with two attached hydrogens (primary N) is 1. The molecule has 1 aromatic heterocycles. The molecule has 0 radical (unpaired) electrons. The first-order chi connectivity index (χ1) is 11.1. The van der Waals surface area contributed by atoms with Gasteiger partial charge in [0.1, 0.15) is 6.10 Å². The zero-order valence-corrected chi connectivity index (χ0v) is 13.2. The lowest BCUT2D eigenvalue weighted by Crippen LogP contribution is -2.51. The lowest BCUT2D eigenvalue weighted by molar-refractivity contribution is -0.142. The zero-order valence-electron chi connectivity index (χ0n) is 13.2. The van der Waals surface area contributed by atoms with Crippen molar-refractivity contribution in [2.24, 2.45) is 5.73 Å². The van der Waals surface area contributed by atoms with Gasteiger partial charge < -0.3 is 10.5 Å². The molecule has 0 spiro atoms. The quantitative estimate of drug-likeness (QED) is 0.935. The lowest BCUT2D eigenvalue weighted by atomic mass is 10.0. The number of hydrogen-bond acceptors (Lipinski definition) is 4. The van der Waals surface area contributed by atoms with Gasteiger partial charge in [-0.2, -0.15) is 0 Å². The Balaban J connectivity index is 1.74. The molecule has 5 heteroatoms. The number of carbonyl (C=O) groups is 1. The van der Waals surface area contributed by atoms with E-state index in [0.717, 1.165) is 24.2 Å². The van der Waals surface area contributed by atoms with Crippen molar-refractivity contribution in [1.82, 2.24) is 9.88 Å². The monoisotopic (exact) mass is 311 g/mol. The second kappa shape index (κ2) is 6.89. The van der Waals surface area contributed by atoms with Gasteiger partial charge in [0, 0.05) is 32.0 Å². The molecule has 0 saturated carbocycles. The van der Waals surface area contributed by atoms with Crippen molar-refractivity contribution in [2.45, 2.75) is 25.7 Å². The molecule has 2 atom stereocenters. The van der Waals surface area contributed by atoms with Gasteiger partial charge in [0.25, 0.3) is 0 Å². The Morgan fingerprint density at radius 1 is 1.30 bits per heavy atom. The molecule has 1 aliphatic heterocycles. The number of carbonyl (C=O) groups excluding carboxylic acids is 1. The summed E-state index contributed by atoms with van der Waals surface area (Å²) in [6, 6.07) is 12.4. The van der Waals surface area contributed by atoms with E-state index < -0.39 is 12.0 Å². The molecule has 1 aliphatic rings. The number of primary amides is 1. The molecule has 1 amide bonds. The lowest BCUT2D eigenvalue weighted by Gasteiger charge is -2.35. The molecule has 1 saturated heterocycles. The first-order valence-electron chi connectivity index (χ1n) is 7.78. The maximum Gasteiger partial charge on any atom is 0.247 e. The number of hydrogen-bond donors (Lipinski definition) is 1. The summed E-state index contributed by atoms with van der Waals surface area (Å²) in [4.78, 5) is 17.8. The van der Waals surface area contributed by atoms with Crippen molar-refractivity contribution >= 4 is 5.91 Å². The SMILES string of the molecule is C[C@@H]1CN(Cc2cccc(-c3cccnc3)c2)CC(C(N)=O)O1. The summed E-state index contributed by atoms with van der Waals surface area (Å²) in [6.45, 7) is 4.07. The topological polar surface area (TPSA) is 68.5 Å². The molecule has 1 unspecified atom stereocenters. The summed E-state index contributed by atoms with van der Waals surface area (Å²) in [6.07, 6.45) is 3.11. The number of amides is 1. The van der Waals surface area contributed by atoms with Crippen LogP contribution in [0.15, 0.2) is 48.8 Å². The third-order valence-corrected chi connectivity index (χ3v) is 3.98. The Bertz CT molecular complexity index is 675. The highest BCUT2D eigenvalue weighted by Crippen LogP contribution is 2.21. The third-order valence-electron chi connectivity index (χ3n) is 3.98. The van der Waals surface area contributed by atoms with Crippen molar-refractivity contribution in [2.75, 3.05) is 13.1 Å². The van der Waals surface area contributed by atoms with Gasteiger partial charge in [-0.3, -0.25) is 14.7 Å². The van der Waals surface area contributed by atoms with E-state index in [-0.39, 0.29) is 6.10 Å². The number of pyridine rings is 1.